The van der Waals surface area contributed by atoms with E-state index in [4.69, 9.17) is 4.52 Å². The zero-order chi connectivity index (χ0) is 13.6. The normalized spacial score (nSPS) is 19.3. The van der Waals surface area contributed by atoms with E-state index in [9.17, 15) is 9.90 Å². The van der Waals surface area contributed by atoms with Crippen molar-refractivity contribution in [1.29, 1.82) is 0 Å². The number of aryl methyl sites for hydroxylation is 2. The van der Waals surface area contributed by atoms with Gasteiger partial charge in [-0.2, -0.15) is 0 Å². The van der Waals surface area contributed by atoms with Crippen molar-refractivity contribution in [2.75, 3.05) is 13.1 Å². The van der Waals surface area contributed by atoms with Gasteiger partial charge in [-0.3, -0.25) is 4.79 Å². The number of fused-ring (bicyclic) bond motifs is 1. The molecule has 0 aliphatic carbocycles. The summed E-state index contributed by atoms with van der Waals surface area (Å²) in [5, 5.41) is 14.1. The van der Waals surface area contributed by atoms with E-state index in [2.05, 4.69) is 10.1 Å². The average Bonchev–Trinajstić information content (AvgIpc) is 2.95. The van der Waals surface area contributed by atoms with Gasteiger partial charge in [-0.1, -0.05) is 5.16 Å². The molecule has 1 N–H and O–H groups in total. The number of carbonyl (C=O) groups is 1. The lowest BCUT2D eigenvalue weighted by Gasteiger charge is -2.16. The average molecular weight is 261 g/mol. The molecule has 6 heteroatoms. The van der Waals surface area contributed by atoms with Crippen molar-refractivity contribution < 1.29 is 14.4 Å². The van der Waals surface area contributed by atoms with Gasteiger partial charge in [0, 0.05) is 18.8 Å². The summed E-state index contributed by atoms with van der Waals surface area (Å²) >= 11 is 0. The predicted octanol–water partition coefficient (Wildman–Crippen LogP) is 1.05. The van der Waals surface area contributed by atoms with Crippen molar-refractivity contribution in [3.63, 3.8) is 0 Å². The number of likely N-dealkylation sites (tertiary alicyclic amines) is 1. The second-order valence-electron chi connectivity index (χ2n) is 4.95. The number of aliphatic hydroxyl groups is 1. The van der Waals surface area contributed by atoms with Gasteiger partial charge < -0.3 is 14.5 Å². The molecule has 1 aliphatic heterocycles. The Morgan fingerprint density at radius 3 is 3.00 bits per heavy atom. The Morgan fingerprint density at radius 2 is 2.32 bits per heavy atom. The first-order valence-electron chi connectivity index (χ1n) is 6.27. The summed E-state index contributed by atoms with van der Waals surface area (Å²) in [4.78, 5) is 18.4. The lowest BCUT2D eigenvalue weighted by molar-refractivity contribution is 0.0766. The van der Waals surface area contributed by atoms with E-state index < -0.39 is 6.10 Å². The second kappa shape index (κ2) is 4.31. The molecule has 0 radical (unpaired) electrons. The number of rotatable bonds is 1. The molecule has 3 rings (SSSR count). The number of pyridine rings is 1. The fourth-order valence-electron chi connectivity index (χ4n) is 2.48. The Kier molecular flexibility index (Phi) is 2.74. The lowest BCUT2D eigenvalue weighted by atomic mass is 10.1. The molecule has 1 aliphatic rings. The van der Waals surface area contributed by atoms with Crippen molar-refractivity contribution in [2.24, 2.45) is 0 Å². The Bertz CT molecular complexity index is 650. The molecule has 100 valence electrons. The molecule has 2 aromatic rings. The highest BCUT2D eigenvalue weighted by Crippen LogP contribution is 2.24. The van der Waals surface area contributed by atoms with Crippen LogP contribution in [0, 0.1) is 13.8 Å². The Balaban J connectivity index is 2.08. The predicted molar refractivity (Wildman–Crippen MR) is 67.8 cm³/mol. The van der Waals surface area contributed by atoms with Gasteiger partial charge in [0.1, 0.15) is 0 Å². The molecule has 1 amide bonds. The van der Waals surface area contributed by atoms with E-state index in [1.165, 1.54) is 0 Å². The van der Waals surface area contributed by atoms with Crippen LogP contribution in [0.2, 0.25) is 0 Å². The Hall–Kier alpha value is -1.95. The van der Waals surface area contributed by atoms with Gasteiger partial charge >= 0.3 is 0 Å². The highest BCUT2D eigenvalue weighted by atomic mass is 16.5. The third kappa shape index (κ3) is 1.98. The molecule has 0 unspecified atom stereocenters. The number of β-amino-alcohol motifs (C(OH)–C–C–N with tert-alkyl or cyclic N) is 1. The van der Waals surface area contributed by atoms with Gasteiger partial charge in [-0.15, -0.1) is 0 Å². The number of hydrogen-bond acceptors (Lipinski definition) is 5. The van der Waals surface area contributed by atoms with E-state index in [0.29, 0.717) is 47.6 Å². The molecule has 1 saturated heterocycles. The largest absolute Gasteiger partial charge is 0.391 e. The molecule has 0 aromatic carbocycles. The van der Waals surface area contributed by atoms with E-state index in [1.54, 1.807) is 17.9 Å². The molecule has 1 fully saturated rings. The molecule has 19 heavy (non-hydrogen) atoms. The van der Waals surface area contributed by atoms with Gasteiger partial charge in [0.2, 0.25) is 0 Å². The minimum atomic E-state index is -0.425. The first-order valence-corrected chi connectivity index (χ1v) is 6.27. The van der Waals surface area contributed by atoms with Crippen LogP contribution in [0.1, 0.15) is 28.2 Å². The summed E-state index contributed by atoms with van der Waals surface area (Å²) in [5.41, 5.74) is 2.31. The number of hydrogen-bond donors (Lipinski definition) is 1. The van der Waals surface area contributed by atoms with Crippen molar-refractivity contribution in [1.82, 2.24) is 15.0 Å². The van der Waals surface area contributed by atoms with Crippen molar-refractivity contribution in [3.05, 3.63) is 23.0 Å². The van der Waals surface area contributed by atoms with Gasteiger partial charge in [0.15, 0.2) is 0 Å². The molecule has 6 nitrogen and oxygen atoms in total. The molecule has 0 bridgehead atoms. The van der Waals surface area contributed by atoms with Crippen LogP contribution in [0.25, 0.3) is 11.1 Å². The van der Waals surface area contributed by atoms with Gasteiger partial charge in [0.25, 0.3) is 11.6 Å². The Labute approximate surface area is 110 Å². The zero-order valence-electron chi connectivity index (χ0n) is 10.9. The van der Waals surface area contributed by atoms with Crippen LogP contribution in [-0.4, -0.2) is 45.2 Å². The summed E-state index contributed by atoms with van der Waals surface area (Å²) < 4.78 is 5.12. The molecule has 0 saturated carbocycles. The fourth-order valence-corrected chi connectivity index (χ4v) is 2.48. The summed E-state index contributed by atoms with van der Waals surface area (Å²) in [5.74, 6) is -0.0987. The smallest absolute Gasteiger partial charge is 0.258 e. The fraction of sp³-hybridized carbons (Fsp3) is 0.462. The van der Waals surface area contributed by atoms with Crippen LogP contribution in [0.15, 0.2) is 10.6 Å². The molecule has 0 spiro atoms. The number of amides is 1. The summed E-state index contributed by atoms with van der Waals surface area (Å²) in [7, 11) is 0. The molecular formula is C13H15N3O3. The van der Waals surface area contributed by atoms with Crippen LogP contribution in [0.3, 0.4) is 0 Å². The molecule has 2 aromatic heterocycles. The standard InChI is InChI=1S/C13H15N3O3/c1-7-5-10(11-8(2)15-19-12(11)14-7)13(18)16-4-3-9(17)6-16/h5,9,17H,3-4,6H2,1-2H3/t9-/m1/s1. The van der Waals surface area contributed by atoms with E-state index >= 15 is 0 Å². The van der Waals surface area contributed by atoms with Crippen molar-refractivity contribution in [3.8, 4) is 0 Å². The maximum Gasteiger partial charge on any atom is 0.258 e. The monoisotopic (exact) mass is 261 g/mol. The van der Waals surface area contributed by atoms with Gasteiger partial charge in [-0.05, 0) is 26.3 Å². The summed E-state index contributed by atoms with van der Waals surface area (Å²) in [6.45, 7) is 4.56. The highest BCUT2D eigenvalue weighted by Gasteiger charge is 2.28. The lowest BCUT2D eigenvalue weighted by Crippen LogP contribution is -2.29. The van der Waals surface area contributed by atoms with Crippen LogP contribution >= 0.6 is 0 Å². The summed E-state index contributed by atoms with van der Waals surface area (Å²) in [6, 6.07) is 1.75. The highest BCUT2D eigenvalue weighted by molar-refractivity contribution is 6.06. The minimum Gasteiger partial charge on any atom is -0.391 e. The van der Waals surface area contributed by atoms with E-state index in [1.807, 2.05) is 6.92 Å². The first-order chi connectivity index (χ1) is 9.06. The van der Waals surface area contributed by atoms with Gasteiger partial charge in [-0.25, -0.2) is 4.98 Å². The van der Waals surface area contributed by atoms with Crippen LogP contribution in [0.5, 0.6) is 0 Å². The number of nitrogens with zero attached hydrogens (tertiary/aromatic N) is 3. The third-order valence-corrected chi connectivity index (χ3v) is 3.43. The van der Waals surface area contributed by atoms with Crippen LogP contribution in [0.4, 0.5) is 0 Å². The second-order valence-corrected chi connectivity index (χ2v) is 4.95. The van der Waals surface area contributed by atoms with Crippen molar-refractivity contribution >= 4 is 17.0 Å². The van der Waals surface area contributed by atoms with Gasteiger partial charge in [0.05, 0.1) is 22.7 Å². The molecular weight excluding hydrogens is 246 g/mol. The molecule has 1 atom stereocenters. The number of aliphatic hydroxyl groups excluding tert-OH is 1. The topological polar surface area (TPSA) is 79.5 Å². The maximum absolute atomic E-state index is 12.5. The number of aromatic nitrogens is 2. The Morgan fingerprint density at radius 1 is 1.53 bits per heavy atom. The first kappa shape index (κ1) is 12.1. The number of carbonyl (C=O) groups excluding carboxylic acids is 1. The maximum atomic E-state index is 12.5. The quantitative estimate of drug-likeness (QED) is 0.830. The zero-order valence-corrected chi connectivity index (χ0v) is 10.9. The van der Waals surface area contributed by atoms with E-state index in [0.717, 1.165) is 0 Å². The van der Waals surface area contributed by atoms with E-state index in [-0.39, 0.29) is 5.91 Å². The third-order valence-electron chi connectivity index (χ3n) is 3.43. The van der Waals surface area contributed by atoms with Crippen LogP contribution in [-0.2, 0) is 0 Å². The van der Waals surface area contributed by atoms with Crippen LogP contribution < -0.4 is 0 Å². The minimum absolute atomic E-state index is 0.0987. The molecule has 3 heterocycles. The SMILES string of the molecule is Cc1cc(C(=O)N2CC[C@@H](O)C2)c2c(C)noc2n1. The summed E-state index contributed by atoms with van der Waals surface area (Å²) in [6.07, 6.45) is 0.202. The van der Waals surface area contributed by atoms with Crippen molar-refractivity contribution in [2.45, 2.75) is 26.4 Å².